The molecule has 20 heavy (non-hydrogen) atoms. The molecule has 1 heteroatoms. The molecule has 0 N–H and O–H groups in total. The van der Waals surface area contributed by atoms with Crippen LogP contribution < -0.4 is 0 Å². The number of hydrogen-bond acceptors (Lipinski definition) is 0. The van der Waals surface area contributed by atoms with E-state index in [4.69, 9.17) is 11.6 Å². The van der Waals surface area contributed by atoms with Gasteiger partial charge >= 0.3 is 0 Å². The molecule has 0 nitrogen and oxygen atoms in total. The lowest BCUT2D eigenvalue weighted by Crippen LogP contribution is -2.19. The maximum absolute atomic E-state index is 6.81. The molecule has 0 heterocycles. The summed E-state index contributed by atoms with van der Waals surface area (Å²) in [7, 11) is 0. The zero-order valence-corrected chi connectivity index (χ0v) is 13.0. The third-order valence-corrected chi connectivity index (χ3v) is 5.11. The van der Waals surface area contributed by atoms with Crippen LogP contribution in [0.3, 0.4) is 0 Å². The monoisotopic (exact) mass is 284 g/mol. The van der Waals surface area contributed by atoms with E-state index in [2.05, 4.69) is 56.3 Å². The molecule has 3 rings (SSSR count). The minimum Gasteiger partial charge on any atom is -0.117 e. The molecule has 2 unspecified atom stereocenters. The highest BCUT2D eigenvalue weighted by molar-refractivity contribution is 6.21. The molecule has 0 saturated heterocycles. The molecule has 0 fully saturated rings. The fourth-order valence-electron chi connectivity index (χ4n) is 3.36. The van der Waals surface area contributed by atoms with E-state index in [0.29, 0.717) is 5.92 Å². The SMILES string of the molecule is Cc1ccc(C(Cl)C2CCc3ccccc3C2)c(C)c1. The number of rotatable bonds is 2. The Morgan fingerprint density at radius 1 is 1.05 bits per heavy atom. The molecule has 2 atom stereocenters. The van der Waals surface area contributed by atoms with Crippen molar-refractivity contribution in [2.75, 3.05) is 0 Å². The summed E-state index contributed by atoms with van der Waals surface area (Å²) in [5.41, 5.74) is 6.93. The van der Waals surface area contributed by atoms with Gasteiger partial charge in [0.05, 0.1) is 5.38 Å². The molecule has 0 saturated carbocycles. The summed E-state index contributed by atoms with van der Waals surface area (Å²) in [6.07, 6.45) is 3.46. The Bertz CT molecular complexity index is 615. The molecular weight excluding hydrogens is 264 g/mol. The van der Waals surface area contributed by atoms with Crippen LogP contribution in [0.2, 0.25) is 0 Å². The number of alkyl halides is 1. The first kappa shape index (κ1) is 13.7. The molecule has 0 bridgehead atoms. The normalized spacial score (nSPS) is 19.4. The van der Waals surface area contributed by atoms with E-state index < -0.39 is 0 Å². The number of benzene rings is 2. The summed E-state index contributed by atoms with van der Waals surface area (Å²) in [6, 6.07) is 15.4. The minimum absolute atomic E-state index is 0.129. The van der Waals surface area contributed by atoms with E-state index in [9.17, 15) is 0 Å². The maximum Gasteiger partial charge on any atom is 0.0619 e. The number of aryl methyl sites for hydroxylation is 3. The second-order valence-corrected chi connectivity index (χ2v) is 6.50. The largest absolute Gasteiger partial charge is 0.117 e. The van der Waals surface area contributed by atoms with Gasteiger partial charge in [0, 0.05) is 0 Å². The van der Waals surface area contributed by atoms with Gasteiger partial charge in [-0.25, -0.2) is 0 Å². The van der Waals surface area contributed by atoms with Crippen LogP contribution in [0.4, 0.5) is 0 Å². The van der Waals surface area contributed by atoms with Gasteiger partial charge in [0.1, 0.15) is 0 Å². The van der Waals surface area contributed by atoms with Gasteiger partial charge in [-0.2, -0.15) is 0 Å². The van der Waals surface area contributed by atoms with Crippen LogP contribution in [0, 0.1) is 19.8 Å². The highest BCUT2D eigenvalue weighted by Crippen LogP contribution is 2.39. The molecule has 2 aromatic rings. The van der Waals surface area contributed by atoms with Gasteiger partial charge in [0.15, 0.2) is 0 Å². The summed E-state index contributed by atoms with van der Waals surface area (Å²) >= 11 is 6.81. The molecule has 2 aromatic carbocycles. The van der Waals surface area contributed by atoms with Crippen LogP contribution in [0.1, 0.15) is 39.6 Å². The molecule has 1 aliphatic rings. The quantitative estimate of drug-likeness (QED) is 0.649. The fourth-order valence-corrected chi connectivity index (χ4v) is 3.82. The van der Waals surface area contributed by atoms with E-state index in [1.54, 1.807) is 0 Å². The second kappa shape index (κ2) is 5.61. The van der Waals surface area contributed by atoms with Crippen molar-refractivity contribution in [3.63, 3.8) is 0 Å². The highest BCUT2D eigenvalue weighted by atomic mass is 35.5. The van der Waals surface area contributed by atoms with Gasteiger partial charge in [0.25, 0.3) is 0 Å². The van der Waals surface area contributed by atoms with Gasteiger partial charge in [-0.1, -0.05) is 48.0 Å². The first-order valence-corrected chi connectivity index (χ1v) is 7.87. The molecule has 0 spiro atoms. The van der Waals surface area contributed by atoms with Crippen molar-refractivity contribution in [1.82, 2.24) is 0 Å². The molecule has 0 aromatic heterocycles. The average molecular weight is 285 g/mol. The topological polar surface area (TPSA) is 0 Å². The first-order chi connectivity index (χ1) is 9.65. The van der Waals surface area contributed by atoms with Gasteiger partial charge in [-0.15, -0.1) is 11.6 Å². The Morgan fingerprint density at radius 2 is 1.80 bits per heavy atom. The zero-order chi connectivity index (χ0) is 14.1. The lowest BCUT2D eigenvalue weighted by atomic mass is 9.80. The van der Waals surface area contributed by atoms with E-state index in [1.165, 1.54) is 34.2 Å². The number of halogens is 1. The fraction of sp³-hybridized carbons (Fsp3) is 0.368. The smallest absolute Gasteiger partial charge is 0.0619 e. The van der Waals surface area contributed by atoms with Crippen molar-refractivity contribution in [1.29, 1.82) is 0 Å². The van der Waals surface area contributed by atoms with E-state index >= 15 is 0 Å². The van der Waals surface area contributed by atoms with Crippen molar-refractivity contribution >= 4 is 11.6 Å². The van der Waals surface area contributed by atoms with Crippen LogP contribution in [-0.4, -0.2) is 0 Å². The average Bonchev–Trinajstić information content (AvgIpc) is 2.46. The molecule has 1 aliphatic carbocycles. The van der Waals surface area contributed by atoms with Crippen molar-refractivity contribution in [2.45, 2.75) is 38.5 Å². The van der Waals surface area contributed by atoms with Crippen molar-refractivity contribution in [2.24, 2.45) is 5.92 Å². The minimum atomic E-state index is 0.129. The van der Waals surface area contributed by atoms with Gasteiger partial charge in [-0.05, 0) is 61.3 Å². The van der Waals surface area contributed by atoms with Crippen LogP contribution in [-0.2, 0) is 12.8 Å². The molecule has 0 radical (unpaired) electrons. The van der Waals surface area contributed by atoms with Crippen LogP contribution in [0.15, 0.2) is 42.5 Å². The van der Waals surface area contributed by atoms with E-state index in [0.717, 1.165) is 12.8 Å². The predicted octanol–water partition coefficient (Wildman–Crippen LogP) is 5.39. The van der Waals surface area contributed by atoms with Crippen LogP contribution in [0.5, 0.6) is 0 Å². The maximum atomic E-state index is 6.81. The van der Waals surface area contributed by atoms with E-state index in [1.807, 2.05) is 0 Å². The molecular formula is C19H21Cl. The van der Waals surface area contributed by atoms with Gasteiger partial charge < -0.3 is 0 Å². The van der Waals surface area contributed by atoms with Crippen molar-refractivity contribution in [3.8, 4) is 0 Å². The Morgan fingerprint density at radius 3 is 2.55 bits per heavy atom. The Balaban J connectivity index is 1.84. The number of fused-ring (bicyclic) bond motifs is 1. The summed E-state index contributed by atoms with van der Waals surface area (Å²) in [6.45, 7) is 4.31. The Hall–Kier alpha value is -1.27. The summed E-state index contributed by atoms with van der Waals surface area (Å²) in [4.78, 5) is 0. The zero-order valence-electron chi connectivity index (χ0n) is 12.2. The Labute approximate surface area is 126 Å². The van der Waals surface area contributed by atoms with Crippen molar-refractivity contribution < 1.29 is 0 Å². The number of hydrogen-bond donors (Lipinski definition) is 0. The summed E-state index contributed by atoms with van der Waals surface area (Å²) in [5.74, 6) is 0.549. The second-order valence-electron chi connectivity index (χ2n) is 6.03. The predicted molar refractivity (Wildman–Crippen MR) is 86.5 cm³/mol. The third kappa shape index (κ3) is 2.62. The van der Waals surface area contributed by atoms with Gasteiger partial charge in [0.2, 0.25) is 0 Å². The molecule has 104 valence electrons. The lowest BCUT2D eigenvalue weighted by Gasteiger charge is -2.29. The summed E-state index contributed by atoms with van der Waals surface area (Å²) < 4.78 is 0. The summed E-state index contributed by atoms with van der Waals surface area (Å²) in [5, 5.41) is 0.129. The third-order valence-electron chi connectivity index (χ3n) is 4.52. The lowest BCUT2D eigenvalue weighted by molar-refractivity contribution is 0.442. The van der Waals surface area contributed by atoms with Gasteiger partial charge in [-0.3, -0.25) is 0 Å². The first-order valence-electron chi connectivity index (χ1n) is 7.43. The standard InChI is InChI=1S/C19H21Cl/c1-13-7-10-18(14(2)11-13)19(20)17-9-8-15-5-3-4-6-16(15)12-17/h3-7,10-11,17,19H,8-9,12H2,1-2H3. The molecule has 0 aliphatic heterocycles. The molecule has 0 amide bonds. The highest BCUT2D eigenvalue weighted by Gasteiger charge is 2.26. The van der Waals surface area contributed by atoms with Crippen LogP contribution in [0.25, 0.3) is 0 Å². The Kier molecular flexibility index (Phi) is 3.85. The van der Waals surface area contributed by atoms with Crippen molar-refractivity contribution in [3.05, 3.63) is 70.3 Å². The van der Waals surface area contributed by atoms with Crippen LogP contribution >= 0.6 is 11.6 Å². The van der Waals surface area contributed by atoms with E-state index in [-0.39, 0.29) is 5.38 Å².